The molecule has 2 nitrogen and oxygen atoms in total. The molecule has 1 saturated carbocycles. The van der Waals surface area contributed by atoms with Crippen molar-refractivity contribution in [2.45, 2.75) is 53.4 Å². The summed E-state index contributed by atoms with van der Waals surface area (Å²) in [6, 6.07) is 0. The second-order valence-corrected chi connectivity index (χ2v) is 6.63. The van der Waals surface area contributed by atoms with Crippen LogP contribution in [0.1, 0.15) is 53.4 Å². The third kappa shape index (κ3) is 3.10. The maximum atomic E-state index is 11.5. The average Bonchev–Trinajstić information content (AvgIpc) is 2.68. The number of cyclic esters (lactones) is 1. The average molecular weight is 262 g/mol. The van der Waals surface area contributed by atoms with Gasteiger partial charge in [0.25, 0.3) is 0 Å². The number of esters is 1. The summed E-state index contributed by atoms with van der Waals surface area (Å²) < 4.78 is 5.05. The predicted molar refractivity (Wildman–Crippen MR) is 77.7 cm³/mol. The maximum Gasteiger partial charge on any atom is 0.309 e. The van der Waals surface area contributed by atoms with Gasteiger partial charge in [0.2, 0.25) is 0 Å². The molecule has 2 fully saturated rings. The molecule has 1 aliphatic carbocycles. The Morgan fingerprint density at radius 1 is 1.32 bits per heavy atom. The summed E-state index contributed by atoms with van der Waals surface area (Å²) in [5.41, 5.74) is 3.09. The Morgan fingerprint density at radius 3 is 2.63 bits per heavy atom. The third-order valence-corrected chi connectivity index (χ3v) is 4.78. The second kappa shape index (κ2) is 5.52. The second-order valence-electron chi connectivity index (χ2n) is 6.63. The highest BCUT2D eigenvalue weighted by Gasteiger charge is 2.68. The van der Waals surface area contributed by atoms with E-state index >= 15 is 0 Å². The van der Waals surface area contributed by atoms with Gasteiger partial charge in [-0.3, -0.25) is 4.79 Å². The van der Waals surface area contributed by atoms with Crippen LogP contribution >= 0.6 is 0 Å². The van der Waals surface area contributed by atoms with Crippen molar-refractivity contribution in [3.05, 3.63) is 23.3 Å². The van der Waals surface area contributed by atoms with Crippen LogP contribution in [0.5, 0.6) is 0 Å². The van der Waals surface area contributed by atoms with Crippen LogP contribution in [-0.4, -0.2) is 12.6 Å². The Labute approximate surface area is 116 Å². The first kappa shape index (κ1) is 14.4. The number of hydrogen-bond acceptors (Lipinski definition) is 2. The minimum Gasteiger partial charge on any atom is -0.465 e. The number of allylic oxidation sites excluding steroid dienone is 4. The van der Waals surface area contributed by atoms with Crippen molar-refractivity contribution in [2.75, 3.05) is 6.61 Å². The zero-order valence-corrected chi connectivity index (χ0v) is 12.7. The standard InChI is InChI=1S/C17H26O2/c1-12(2)7-5-8-13(3)9-6-10-17(4)14-11-19-16(18)15(14)17/h7,9,14-15H,5-6,8,10-11H2,1-4H3/b13-9+/t14-,15-,17-/m1/s1. The molecule has 0 unspecified atom stereocenters. The zero-order valence-electron chi connectivity index (χ0n) is 12.7. The van der Waals surface area contributed by atoms with Gasteiger partial charge in [0, 0.05) is 5.92 Å². The molecule has 0 aromatic rings. The summed E-state index contributed by atoms with van der Waals surface area (Å²) in [5, 5.41) is 0. The number of carbonyl (C=O) groups is 1. The van der Waals surface area contributed by atoms with Gasteiger partial charge in [-0.15, -0.1) is 0 Å². The van der Waals surface area contributed by atoms with Gasteiger partial charge in [-0.25, -0.2) is 0 Å². The molecular weight excluding hydrogens is 236 g/mol. The summed E-state index contributed by atoms with van der Waals surface area (Å²) in [5.74, 6) is 0.739. The van der Waals surface area contributed by atoms with Crippen molar-refractivity contribution in [3.63, 3.8) is 0 Å². The molecule has 0 bridgehead atoms. The summed E-state index contributed by atoms with van der Waals surface area (Å²) in [4.78, 5) is 11.5. The smallest absolute Gasteiger partial charge is 0.309 e. The van der Waals surface area contributed by atoms with Crippen LogP contribution in [0.4, 0.5) is 0 Å². The normalized spacial score (nSPS) is 32.8. The van der Waals surface area contributed by atoms with Crippen LogP contribution in [0.3, 0.4) is 0 Å². The van der Waals surface area contributed by atoms with Gasteiger partial charge in [0.15, 0.2) is 0 Å². The Bertz CT molecular complexity index is 415. The molecule has 1 aliphatic heterocycles. The van der Waals surface area contributed by atoms with Crippen molar-refractivity contribution >= 4 is 5.97 Å². The largest absolute Gasteiger partial charge is 0.465 e. The van der Waals surface area contributed by atoms with Gasteiger partial charge < -0.3 is 4.74 Å². The quantitative estimate of drug-likeness (QED) is 0.528. The lowest BCUT2D eigenvalue weighted by Crippen LogP contribution is -2.13. The topological polar surface area (TPSA) is 26.3 Å². The van der Waals surface area contributed by atoms with Crippen molar-refractivity contribution in [1.82, 2.24) is 0 Å². The van der Waals surface area contributed by atoms with Crippen molar-refractivity contribution < 1.29 is 9.53 Å². The predicted octanol–water partition coefficient (Wildman–Crippen LogP) is 4.27. The lowest BCUT2D eigenvalue weighted by molar-refractivity contribution is -0.143. The molecule has 3 atom stereocenters. The van der Waals surface area contributed by atoms with E-state index in [2.05, 4.69) is 39.8 Å². The highest BCUT2D eigenvalue weighted by Crippen LogP contribution is 2.64. The molecule has 2 aliphatic rings. The van der Waals surface area contributed by atoms with E-state index in [1.165, 1.54) is 11.1 Å². The summed E-state index contributed by atoms with van der Waals surface area (Å²) in [6.07, 6.45) is 9.15. The molecule has 19 heavy (non-hydrogen) atoms. The lowest BCUT2D eigenvalue weighted by Gasteiger charge is -2.13. The molecule has 106 valence electrons. The first-order valence-corrected chi connectivity index (χ1v) is 7.41. The molecule has 0 N–H and O–H groups in total. The highest BCUT2D eigenvalue weighted by atomic mass is 16.5. The van der Waals surface area contributed by atoms with Crippen LogP contribution in [0.25, 0.3) is 0 Å². The Morgan fingerprint density at radius 2 is 2.05 bits per heavy atom. The van der Waals surface area contributed by atoms with Gasteiger partial charge in [-0.1, -0.05) is 30.2 Å². The van der Waals surface area contributed by atoms with Crippen LogP contribution in [0.15, 0.2) is 23.3 Å². The molecule has 0 spiro atoms. The van der Waals surface area contributed by atoms with Gasteiger partial charge in [0.1, 0.15) is 0 Å². The molecule has 1 saturated heterocycles. The van der Waals surface area contributed by atoms with Crippen molar-refractivity contribution in [1.29, 1.82) is 0 Å². The number of ether oxygens (including phenoxy) is 1. The van der Waals surface area contributed by atoms with Gasteiger partial charge >= 0.3 is 5.97 Å². The van der Waals surface area contributed by atoms with E-state index in [-0.39, 0.29) is 17.3 Å². The number of carbonyl (C=O) groups excluding carboxylic acids is 1. The van der Waals surface area contributed by atoms with E-state index < -0.39 is 0 Å². The number of rotatable bonds is 6. The van der Waals surface area contributed by atoms with Crippen LogP contribution < -0.4 is 0 Å². The maximum absolute atomic E-state index is 11.5. The SMILES string of the molecule is CC(C)=CCC/C(C)=C/CC[C@]1(C)[C@@H]2COC(=O)[C@@H]21. The summed E-state index contributed by atoms with van der Waals surface area (Å²) in [7, 11) is 0. The third-order valence-electron chi connectivity index (χ3n) is 4.78. The molecule has 1 heterocycles. The first-order valence-electron chi connectivity index (χ1n) is 7.41. The lowest BCUT2D eigenvalue weighted by atomic mass is 9.96. The number of fused-ring (bicyclic) bond motifs is 1. The molecular formula is C17H26O2. The van der Waals surface area contributed by atoms with Gasteiger partial charge in [0.05, 0.1) is 12.5 Å². The highest BCUT2D eigenvalue weighted by molar-refractivity contribution is 5.80. The van der Waals surface area contributed by atoms with Crippen LogP contribution in [0, 0.1) is 17.3 Å². The Balaban J connectivity index is 1.72. The minimum absolute atomic E-state index is 0.0387. The molecule has 0 aromatic carbocycles. The van der Waals surface area contributed by atoms with Crippen LogP contribution in [-0.2, 0) is 9.53 Å². The minimum atomic E-state index is 0.0387. The molecule has 0 aromatic heterocycles. The van der Waals surface area contributed by atoms with E-state index in [4.69, 9.17) is 4.74 Å². The zero-order chi connectivity index (χ0) is 14.0. The monoisotopic (exact) mass is 262 g/mol. The molecule has 2 rings (SSSR count). The van der Waals surface area contributed by atoms with E-state index in [0.717, 1.165) is 25.7 Å². The number of hydrogen-bond donors (Lipinski definition) is 0. The van der Waals surface area contributed by atoms with Crippen molar-refractivity contribution in [3.8, 4) is 0 Å². The summed E-state index contributed by atoms with van der Waals surface area (Å²) >= 11 is 0. The van der Waals surface area contributed by atoms with E-state index in [1.807, 2.05) is 0 Å². The molecule has 0 radical (unpaired) electrons. The first-order chi connectivity index (χ1) is 8.95. The van der Waals surface area contributed by atoms with Gasteiger partial charge in [-0.05, 0) is 51.9 Å². The van der Waals surface area contributed by atoms with Crippen LogP contribution in [0.2, 0.25) is 0 Å². The Hall–Kier alpha value is -1.05. The fourth-order valence-electron chi connectivity index (χ4n) is 3.30. The Kier molecular flexibility index (Phi) is 4.17. The molecule has 0 amide bonds. The van der Waals surface area contributed by atoms with Gasteiger partial charge in [-0.2, -0.15) is 0 Å². The van der Waals surface area contributed by atoms with E-state index in [0.29, 0.717) is 12.5 Å². The fraction of sp³-hybridized carbons (Fsp3) is 0.706. The van der Waals surface area contributed by atoms with E-state index in [9.17, 15) is 4.79 Å². The summed E-state index contributed by atoms with van der Waals surface area (Å²) in [6.45, 7) is 9.40. The fourth-order valence-corrected chi connectivity index (χ4v) is 3.30. The van der Waals surface area contributed by atoms with E-state index in [1.54, 1.807) is 0 Å². The van der Waals surface area contributed by atoms with Crippen molar-refractivity contribution in [2.24, 2.45) is 17.3 Å². The molecule has 2 heteroatoms.